The van der Waals surface area contributed by atoms with Crippen molar-refractivity contribution in [3.05, 3.63) is 56.7 Å². The number of nitrogens with one attached hydrogen (secondary N) is 1. The molecule has 3 rings (SSSR count). The van der Waals surface area contributed by atoms with Gasteiger partial charge < -0.3 is 15.0 Å². The molecule has 1 heterocycles. The highest BCUT2D eigenvalue weighted by atomic mass is 127. The van der Waals surface area contributed by atoms with E-state index in [1.807, 2.05) is 34.5 Å². The third-order valence-electron chi connectivity index (χ3n) is 5.08. The van der Waals surface area contributed by atoms with Crippen molar-refractivity contribution < 1.29 is 22.7 Å². The first kappa shape index (κ1) is 22.8. The van der Waals surface area contributed by atoms with Gasteiger partial charge in [0, 0.05) is 44.0 Å². The number of nitrogens with zero attached hydrogens (tertiary/aromatic N) is 2. The van der Waals surface area contributed by atoms with E-state index in [1.165, 1.54) is 19.2 Å². The van der Waals surface area contributed by atoms with Crippen molar-refractivity contribution in [1.82, 2.24) is 9.80 Å². The molecular weight excluding hydrogens is 510 g/mol. The zero-order chi connectivity index (χ0) is 21.9. The number of methoxy groups -OCH3 is 1. The number of rotatable bonds is 5. The molecule has 1 saturated heterocycles. The second-order valence-corrected chi connectivity index (χ2v) is 8.41. The van der Waals surface area contributed by atoms with Crippen LogP contribution in [0.5, 0.6) is 5.75 Å². The Balaban J connectivity index is 1.79. The Hall–Kier alpha value is -1.85. The maximum absolute atomic E-state index is 13.7. The largest absolute Gasteiger partial charge is 0.496 e. The standard InChI is InChI=1S/C21H23F3IN3O2/c1-27-7-9-28(10-8-27)13-15-3-5-16(12-17(15)21(22,23)24)26-20(29)14-4-6-19(30-2)18(25)11-14/h3-6,11-12H,7-10,13H2,1-2H3,(H,26,29). The molecule has 0 spiro atoms. The van der Waals surface area contributed by atoms with E-state index in [1.54, 1.807) is 18.2 Å². The molecule has 1 N–H and O–H groups in total. The molecule has 0 atom stereocenters. The van der Waals surface area contributed by atoms with Gasteiger partial charge in [0.25, 0.3) is 5.91 Å². The maximum Gasteiger partial charge on any atom is 0.416 e. The number of carbonyl (C=O) groups excluding carboxylic acids is 1. The van der Waals surface area contributed by atoms with E-state index in [-0.39, 0.29) is 17.8 Å². The monoisotopic (exact) mass is 533 g/mol. The third-order valence-corrected chi connectivity index (χ3v) is 5.92. The quantitative estimate of drug-likeness (QED) is 0.582. The minimum Gasteiger partial charge on any atom is -0.496 e. The number of amides is 1. The number of hydrogen-bond donors (Lipinski definition) is 1. The smallest absolute Gasteiger partial charge is 0.416 e. The molecule has 0 radical (unpaired) electrons. The molecule has 9 heteroatoms. The summed E-state index contributed by atoms with van der Waals surface area (Å²) in [5, 5.41) is 2.57. The average molecular weight is 533 g/mol. The maximum atomic E-state index is 13.7. The van der Waals surface area contributed by atoms with E-state index in [0.717, 1.165) is 35.8 Å². The Kier molecular flexibility index (Phi) is 7.25. The zero-order valence-corrected chi connectivity index (χ0v) is 18.9. The van der Waals surface area contributed by atoms with Crippen LogP contribution in [-0.2, 0) is 12.7 Å². The predicted octanol–water partition coefficient (Wildman–Crippen LogP) is 4.32. The van der Waals surface area contributed by atoms with E-state index in [0.29, 0.717) is 11.3 Å². The lowest BCUT2D eigenvalue weighted by Gasteiger charge is -2.33. The van der Waals surface area contributed by atoms with Crippen molar-refractivity contribution in [2.45, 2.75) is 12.7 Å². The molecule has 2 aromatic carbocycles. The third kappa shape index (κ3) is 5.64. The number of piperazine rings is 1. The van der Waals surface area contributed by atoms with Gasteiger partial charge in [0.15, 0.2) is 0 Å². The van der Waals surface area contributed by atoms with Crippen LogP contribution in [0, 0.1) is 3.57 Å². The number of anilines is 1. The fourth-order valence-electron chi connectivity index (χ4n) is 3.31. The van der Waals surface area contributed by atoms with Gasteiger partial charge in [-0.3, -0.25) is 9.69 Å². The lowest BCUT2D eigenvalue weighted by Crippen LogP contribution is -2.44. The molecule has 0 aromatic heterocycles. The summed E-state index contributed by atoms with van der Waals surface area (Å²) in [6.45, 7) is 3.34. The Morgan fingerprint density at radius 3 is 2.43 bits per heavy atom. The van der Waals surface area contributed by atoms with Crippen LogP contribution in [0.25, 0.3) is 0 Å². The molecule has 162 valence electrons. The van der Waals surface area contributed by atoms with Gasteiger partial charge in [0.1, 0.15) is 5.75 Å². The Morgan fingerprint density at radius 1 is 1.13 bits per heavy atom. The van der Waals surface area contributed by atoms with Gasteiger partial charge in [-0.25, -0.2) is 0 Å². The predicted molar refractivity (Wildman–Crippen MR) is 118 cm³/mol. The van der Waals surface area contributed by atoms with Gasteiger partial charge in [-0.15, -0.1) is 0 Å². The molecule has 1 amide bonds. The van der Waals surface area contributed by atoms with Crippen LogP contribution in [0.15, 0.2) is 36.4 Å². The summed E-state index contributed by atoms with van der Waals surface area (Å²) in [7, 11) is 3.53. The summed E-state index contributed by atoms with van der Waals surface area (Å²) in [6.07, 6.45) is -4.50. The van der Waals surface area contributed by atoms with Crippen molar-refractivity contribution in [3.63, 3.8) is 0 Å². The number of benzene rings is 2. The highest BCUT2D eigenvalue weighted by molar-refractivity contribution is 14.1. The summed E-state index contributed by atoms with van der Waals surface area (Å²) < 4.78 is 47.0. The molecule has 0 bridgehead atoms. The minimum atomic E-state index is -4.50. The van der Waals surface area contributed by atoms with Gasteiger partial charge in [-0.05, 0) is 65.5 Å². The fourth-order valence-corrected chi connectivity index (χ4v) is 4.05. The van der Waals surface area contributed by atoms with Gasteiger partial charge in [-0.2, -0.15) is 13.2 Å². The van der Waals surface area contributed by atoms with E-state index in [4.69, 9.17) is 4.74 Å². The Labute approximate surface area is 187 Å². The first-order valence-electron chi connectivity index (χ1n) is 9.43. The molecule has 5 nitrogen and oxygen atoms in total. The summed E-state index contributed by atoms with van der Waals surface area (Å²) in [6, 6.07) is 8.83. The van der Waals surface area contributed by atoms with E-state index >= 15 is 0 Å². The summed E-state index contributed by atoms with van der Waals surface area (Å²) in [5.74, 6) is 0.148. The topological polar surface area (TPSA) is 44.8 Å². The lowest BCUT2D eigenvalue weighted by molar-refractivity contribution is -0.138. The van der Waals surface area contributed by atoms with Crippen LogP contribution in [0.1, 0.15) is 21.5 Å². The van der Waals surface area contributed by atoms with E-state index in [9.17, 15) is 18.0 Å². The van der Waals surface area contributed by atoms with Gasteiger partial charge >= 0.3 is 6.18 Å². The fraction of sp³-hybridized carbons (Fsp3) is 0.381. The van der Waals surface area contributed by atoms with Crippen LogP contribution in [-0.4, -0.2) is 56.0 Å². The second kappa shape index (κ2) is 9.52. The first-order valence-corrected chi connectivity index (χ1v) is 10.5. The molecule has 1 aliphatic heterocycles. The molecular formula is C21H23F3IN3O2. The van der Waals surface area contributed by atoms with Crippen LogP contribution in [0.4, 0.5) is 18.9 Å². The van der Waals surface area contributed by atoms with Crippen LogP contribution in [0.3, 0.4) is 0 Å². The molecule has 0 unspecified atom stereocenters. The highest BCUT2D eigenvalue weighted by Crippen LogP contribution is 2.35. The summed E-state index contributed by atoms with van der Waals surface area (Å²) >= 11 is 2.04. The molecule has 30 heavy (non-hydrogen) atoms. The highest BCUT2D eigenvalue weighted by Gasteiger charge is 2.34. The number of alkyl halides is 3. The van der Waals surface area contributed by atoms with Gasteiger partial charge in [0.05, 0.1) is 16.2 Å². The SMILES string of the molecule is COc1ccc(C(=O)Nc2ccc(CN3CCN(C)CC3)c(C(F)(F)F)c2)cc1I. The van der Waals surface area contributed by atoms with Crippen molar-refractivity contribution >= 4 is 34.2 Å². The average Bonchev–Trinajstić information content (AvgIpc) is 2.70. The Morgan fingerprint density at radius 2 is 1.83 bits per heavy atom. The van der Waals surface area contributed by atoms with Crippen molar-refractivity contribution in [3.8, 4) is 5.75 Å². The molecule has 2 aromatic rings. The second-order valence-electron chi connectivity index (χ2n) is 7.25. The van der Waals surface area contributed by atoms with Crippen LogP contribution < -0.4 is 10.1 Å². The van der Waals surface area contributed by atoms with Crippen molar-refractivity contribution in [2.24, 2.45) is 0 Å². The molecule has 1 fully saturated rings. The van der Waals surface area contributed by atoms with Crippen LogP contribution in [0.2, 0.25) is 0 Å². The first-order chi connectivity index (χ1) is 14.2. The molecule has 1 aliphatic rings. The van der Waals surface area contributed by atoms with E-state index in [2.05, 4.69) is 10.2 Å². The van der Waals surface area contributed by atoms with Crippen molar-refractivity contribution in [2.75, 3.05) is 45.7 Å². The molecule has 0 saturated carbocycles. The summed E-state index contributed by atoms with van der Waals surface area (Å²) in [4.78, 5) is 16.7. The zero-order valence-electron chi connectivity index (χ0n) is 16.7. The van der Waals surface area contributed by atoms with Gasteiger partial charge in [-0.1, -0.05) is 6.07 Å². The number of halogens is 4. The van der Waals surface area contributed by atoms with E-state index < -0.39 is 17.6 Å². The summed E-state index contributed by atoms with van der Waals surface area (Å²) in [5.41, 5.74) is -0.0527. The van der Waals surface area contributed by atoms with Crippen LogP contribution >= 0.6 is 22.6 Å². The van der Waals surface area contributed by atoms with Gasteiger partial charge in [0.2, 0.25) is 0 Å². The minimum absolute atomic E-state index is 0.111. The van der Waals surface area contributed by atoms with Crippen molar-refractivity contribution in [1.29, 1.82) is 0 Å². The lowest BCUT2D eigenvalue weighted by atomic mass is 10.0. The number of hydrogen-bond acceptors (Lipinski definition) is 4. The number of carbonyl (C=O) groups is 1. The molecule has 0 aliphatic carbocycles. The Bertz CT molecular complexity index is 913. The number of ether oxygens (including phenoxy) is 1. The number of likely N-dealkylation sites (N-methyl/N-ethyl adjacent to an activating group) is 1. The normalized spacial score (nSPS) is 15.8.